The van der Waals surface area contributed by atoms with E-state index in [1.807, 2.05) is 45.9 Å². The van der Waals surface area contributed by atoms with Crippen molar-refractivity contribution in [2.75, 3.05) is 32.7 Å². The molecule has 1 aromatic rings. The van der Waals surface area contributed by atoms with Crippen LogP contribution in [-0.4, -0.2) is 60.2 Å². The summed E-state index contributed by atoms with van der Waals surface area (Å²) in [5.41, 5.74) is 2.78. The van der Waals surface area contributed by atoms with Crippen LogP contribution in [0.5, 0.6) is 0 Å². The molecule has 0 bridgehead atoms. The largest absolute Gasteiger partial charge is 0.347 e. The van der Waals surface area contributed by atoms with E-state index in [2.05, 4.69) is 5.32 Å². The lowest BCUT2D eigenvalue weighted by atomic mass is 9.96. The SMILES string of the molecule is CCN(CC)C(=O)CNC(=O)C1CCCN(C(=O)c2cc(C)cc(C)c2)C1. The molecule has 1 aliphatic heterocycles. The van der Waals surface area contributed by atoms with Gasteiger partial charge in [0, 0.05) is 31.7 Å². The van der Waals surface area contributed by atoms with Gasteiger partial charge in [-0.15, -0.1) is 0 Å². The molecule has 0 spiro atoms. The van der Waals surface area contributed by atoms with Gasteiger partial charge in [-0.3, -0.25) is 14.4 Å². The van der Waals surface area contributed by atoms with Gasteiger partial charge in [0.25, 0.3) is 5.91 Å². The van der Waals surface area contributed by atoms with E-state index in [1.54, 1.807) is 9.80 Å². The Bertz CT molecular complexity index is 678. The molecule has 1 atom stereocenters. The quantitative estimate of drug-likeness (QED) is 0.831. The van der Waals surface area contributed by atoms with E-state index in [0.717, 1.165) is 24.0 Å². The highest BCUT2D eigenvalue weighted by Crippen LogP contribution is 2.20. The number of rotatable bonds is 6. The van der Waals surface area contributed by atoms with Crippen LogP contribution < -0.4 is 5.32 Å². The number of hydrogen-bond acceptors (Lipinski definition) is 3. The van der Waals surface area contributed by atoms with Gasteiger partial charge < -0.3 is 15.1 Å². The fraction of sp³-hybridized carbons (Fsp3) is 0.571. The van der Waals surface area contributed by atoms with Crippen LogP contribution in [0.2, 0.25) is 0 Å². The Morgan fingerprint density at radius 2 is 1.74 bits per heavy atom. The van der Waals surface area contributed by atoms with Crippen LogP contribution in [0.25, 0.3) is 0 Å². The van der Waals surface area contributed by atoms with Crippen molar-refractivity contribution in [2.24, 2.45) is 5.92 Å². The van der Waals surface area contributed by atoms with E-state index in [4.69, 9.17) is 0 Å². The Labute approximate surface area is 161 Å². The first-order valence-corrected chi connectivity index (χ1v) is 9.78. The van der Waals surface area contributed by atoms with Gasteiger partial charge in [0.1, 0.15) is 0 Å². The summed E-state index contributed by atoms with van der Waals surface area (Å²) in [5, 5.41) is 2.75. The molecule has 6 nitrogen and oxygen atoms in total. The highest BCUT2D eigenvalue weighted by atomic mass is 16.2. The van der Waals surface area contributed by atoms with Crippen molar-refractivity contribution in [3.8, 4) is 0 Å². The van der Waals surface area contributed by atoms with Crippen LogP contribution in [-0.2, 0) is 9.59 Å². The molecule has 1 heterocycles. The number of likely N-dealkylation sites (tertiary alicyclic amines) is 1. The third-order valence-electron chi connectivity index (χ3n) is 5.08. The number of amides is 3. The Morgan fingerprint density at radius 3 is 2.33 bits per heavy atom. The number of nitrogens with one attached hydrogen (secondary N) is 1. The molecule has 1 fully saturated rings. The number of nitrogens with zero attached hydrogens (tertiary/aromatic N) is 2. The van der Waals surface area contributed by atoms with Crippen LogP contribution in [0.1, 0.15) is 48.2 Å². The summed E-state index contributed by atoms with van der Waals surface area (Å²) >= 11 is 0. The van der Waals surface area contributed by atoms with Crippen molar-refractivity contribution >= 4 is 17.7 Å². The monoisotopic (exact) mass is 373 g/mol. The van der Waals surface area contributed by atoms with Crippen molar-refractivity contribution in [1.82, 2.24) is 15.1 Å². The number of aryl methyl sites for hydroxylation is 2. The molecule has 1 N–H and O–H groups in total. The molecule has 3 amide bonds. The summed E-state index contributed by atoms with van der Waals surface area (Å²) < 4.78 is 0. The number of likely N-dealkylation sites (N-methyl/N-ethyl adjacent to an activating group) is 1. The number of hydrogen-bond donors (Lipinski definition) is 1. The Kier molecular flexibility index (Phi) is 7.39. The van der Waals surface area contributed by atoms with Gasteiger partial charge in [0.2, 0.25) is 11.8 Å². The summed E-state index contributed by atoms with van der Waals surface area (Å²) in [4.78, 5) is 40.8. The number of carbonyl (C=O) groups excluding carboxylic acids is 3. The summed E-state index contributed by atoms with van der Waals surface area (Å²) in [6.45, 7) is 10.1. The van der Waals surface area contributed by atoms with E-state index >= 15 is 0 Å². The average Bonchev–Trinajstić information content (AvgIpc) is 2.65. The molecule has 2 rings (SSSR count). The summed E-state index contributed by atoms with van der Waals surface area (Å²) in [6, 6.07) is 5.82. The van der Waals surface area contributed by atoms with Crippen molar-refractivity contribution in [3.05, 3.63) is 34.9 Å². The first kappa shape index (κ1) is 20.9. The van der Waals surface area contributed by atoms with Gasteiger partial charge in [-0.25, -0.2) is 0 Å². The van der Waals surface area contributed by atoms with Gasteiger partial charge in [0.05, 0.1) is 12.5 Å². The summed E-state index contributed by atoms with van der Waals surface area (Å²) in [7, 11) is 0. The number of benzene rings is 1. The van der Waals surface area contributed by atoms with Crippen LogP contribution in [0.4, 0.5) is 0 Å². The lowest BCUT2D eigenvalue weighted by molar-refractivity contribution is -0.134. The van der Waals surface area contributed by atoms with E-state index in [9.17, 15) is 14.4 Å². The van der Waals surface area contributed by atoms with Crippen molar-refractivity contribution in [3.63, 3.8) is 0 Å². The van der Waals surface area contributed by atoms with Gasteiger partial charge in [-0.2, -0.15) is 0 Å². The topological polar surface area (TPSA) is 69.7 Å². The predicted octanol–water partition coefficient (Wildman–Crippen LogP) is 2.14. The third-order valence-corrected chi connectivity index (χ3v) is 5.08. The molecule has 1 aromatic carbocycles. The van der Waals surface area contributed by atoms with Crippen LogP contribution >= 0.6 is 0 Å². The van der Waals surface area contributed by atoms with Crippen LogP contribution in [0.15, 0.2) is 18.2 Å². The average molecular weight is 373 g/mol. The molecule has 148 valence electrons. The zero-order valence-corrected chi connectivity index (χ0v) is 16.9. The predicted molar refractivity (Wildman–Crippen MR) is 105 cm³/mol. The molecule has 0 aliphatic carbocycles. The molecule has 6 heteroatoms. The van der Waals surface area contributed by atoms with Gasteiger partial charge >= 0.3 is 0 Å². The lowest BCUT2D eigenvalue weighted by Crippen LogP contribution is -2.47. The first-order valence-electron chi connectivity index (χ1n) is 9.78. The molecule has 27 heavy (non-hydrogen) atoms. The van der Waals surface area contributed by atoms with Gasteiger partial charge in [-0.1, -0.05) is 17.2 Å². The fourth-order valence-corrected chi connectivity index (χ4v) is 3.65. The van der Waals surface area contributed by atoms with Crippen LogP contribution in [0.3, 0.4) is 0 Å². The zero-order valence-electron chi connectivity index (χ0n) is 16.9. The second kappa shape index (κ2) is 9.53. The standard InChI is InChI=1S/C21H31N3O3/c1-5-23(6-2)19(25)13-22-20(26)17-8-7-9-24(14-17)21(27)18-11-15(3)10-16(4)12-18/h10-12,17H,5-9,13-14H2,1-4H3,(H,22,26). The van der Waals surface area contributed by atoms with Crippen molar-refractivity contribution < 1.29 is 14.4 Å². The maximum absolute atomic E-state index is 12.8. The Hall–Kier alpha value is -2.37. The fourth-order valence-electron chi connectivity index (χ4n) is 3.65. The maximum atomic E-state index is 12.8. The van der Waals surface area contributed by atoms with Crippen LogP contribution in [0, 0.1) is 19.8 Å². The molecule has 0 saturated carbocycles. The molecular formula is C21H31N3O3. The van der Waals surface area contributed by atoms with E-state index < -0.39 is 0 Å². The Balaban J connectivity index is 1.95. The van der Waals surface area contributed by atoms with E-state index in [1.165, 1.54) is 0 Å². The van der Waals surface area contributed by atoms with E-state index in [0.29, 0.717) is 31.7 Å². The zero-order chi connectivity index (χ0) is 20.0. The lowest BCUT2D eigenvalue weighted by Gasteiger charge is -2.32. The highest BCUT2D eigenvalue weighted by Gasteiger charge is 2.29. The summed E-state index contributed by atoms with van der Waals surface area (Å²) in [5.74, 6) is -0.516. The number of carbonyl (C=O) groups is 3. The first-order chi connectivity index (χ1) is 12.8. The molecule has 0 radical (unpaired) electrons. The molecular weight excluding hydrogens is 342 g/mol. The minimum Gasteiger partial charge on any atom is -0.347 e. The van der Waals surface area contributed by atoms with E-state index in [-0.39, 0.29) is 30.2 Å². The van der Waals surface area contributed by atoms with Gasteiger partial charge in [0.15, 0.2) is 0 Å². The highest BCUT2D eigenvalue weighted by molar-refractivity contribution is 5.95. The minimum atomic E-state index is -0.266. The Morgan fingerprint density at radius 1 is 1.11 bits per heavy atom. The molecule has 0 aromatic heterocycles. The second-order valence-electron chi connectivity index (χ2n) is 7.25. The minimum absolute atomic E-state index is 0.0159. The molecule has 1 unspecified atom stereocenters. The summed E-state index contributed by atoms with van der Waals surface area (Å²) in [6.07, 6.45) is 1.53. The number of piperidine rings is 1. The maximum Gasteiger partial charge on any atom is 0.253 e. The normalized spacial score (nSPS) is 16.7. The smallest absolute Gasteiger partial charge is 0.253 e. The van der Waals surface area contributed by atoms with Gasteiger partial charge in [-0.05, 0) is 52.7 Å². The third kappa shape index (κ3) is 5.55. The second-order valence-corrected chi connectivity index (χ2v) is 7.25. The van der Waals surface area contributed by atoms with Crippen molar-refractivity contribution in [1.29, 1.82) is 0 Å². The molecule has 1 saturated heterocycles. The molecule has 1 aliphatic rings. The van der Waals surface area contributed by atoms with Crippen molar-refractivity contribution in [2.45, 2.75) is 40.5 Å².